The Bertz CT molecular complexity index is 1690. The molecule has 2 aromatic carbocycles. The number of halogens is 1. The minimum atomic E-state index is -1.15. The summed E-state index contributed by atoms with van der Waals surface area (Å²) in [6.07, 6.45) is 2.79. The highest BCUT2D eigenvalue weighted by Crippen LogP contribution is 2.44. The molecular formula is C26H20FN5O5S. The van der Waals surface area contributed by atoms with Gasteiger partial charge in [-0.15, -0.1) is 11.3 Å². The number of methoxy groups -OCH3 is 1. The van der Waals surface area contributed by atoms with Crippen LogP contribution in [0.5, 0.6) is 17.2 Å². The molecule has 1 atom stereocenters. The Hall–Kier alpha value is -4.58. The molecule has 1 aliphatic rings. The van der Waals surface area contributed by atoms with E-state index in [1.54, 1.807) is 31.3 Å². The van der Waals surface area contributed by atoms with Crippen LogP contribution < -0.4 is 19.1 Å². The number of amides is 1. The molecule has 5 aromatic rings. The first-order chi connectivity index (χ1) is 18.4. The number of anilines is 1. The van der Waals surface area contributed by atoms with Crippen molar-refractivity contribution in [3.05, 3.63) is 60.6 Å². The lowest BCUT2D eigenvalue weighted by Gasteiger charge is -2.30. The molecule has 3 aromatic heterocycles. The van der Waals surface area contributed by atoms with E-state index in [0.717, 1.165) is 9.60 Å². The molecule has 38 heavy (non-hydrogen) atoms. The molecule has 0 unspecified atom stereocenters. The number of aromatic nitrogens is 4. The minimum absolute atomic E-state index is 0.0254. The first kappa shape index (κ1) is 23.8. The minimum Gasteiger partial charge on any atom is -0.495 e. The molecule has 1 aliphatic heterocycles. The number of hydrogen-bond donors (Lipinski definition) is 1. The molecule has 1 N–H and O–H groups in total. The van der Waals surface area contributed by atoms with Gasteiger partial charge in [-0.25, -0.2) is 24.1 Å². The predicted molar refractivity (Wildman–Crippen MR) is 139 cm³/mol. The second kappa shape index (κ2) is 9.38. The van der Waals surface area contributed by atoms with Crippen LogP contribution in [0.2, 0.25) is 0 Å². The molecule has 0 fully saturated rings. The zero-order valence-corrected chi connectivity index (χ0v) is 21.0. The number of benzene rings is 2. The Morgan fingerprint density at radius 1 is 1.21 bits per heavy atom. The van der Waals surface area contributed by atoms with Crippen molar-refractivity contribution in [1.82, 2.24) is 19.9 Å². The van der Waals surface area contributed by atoms with E-state index in [0.29, 0.717) is 55.8 Å². The van der Waals surface area contributed by atoms with Crippen LogP contribution in [0.15, 0.2) is 48.9 Å². The number of carboxylic acid groups (broad SMARTS) is 1. The van der Waals surface area contributed by atoms with Crippen LogP contribution in [0.1, 0.15) is 5.82 Å². The molecule has 4 heterocycles. The second-order valence-corrected chi connectivity index (χ2v) is 9.59. The topological polar surface area (TPSA) is 120 Å². The summed E-state index contributed by atoms with van der Waals surface area (Å²) in [5, 5.41) is 10.9. The van der Waals surface area contributed by atoms with Crippen LogP contribution in [0.25, 0.3) is 31.7 Å². The predicted octanol–water partition coefficient (Wildman–Crippen LogP) is 5.08. The van der Waals surface area contributed by atoms with Crippen LogP contribution in [0, 0.1) is 12.7 Å². The van der Waals surface area contributed by atoms with Gasteiger partial charge in [-0.1, -0.05) is 0 Å². The number of aryl methyl sites for hydroxylation is 1. The van der Waals surface area contributed by atoms with Crippen molar-refractivity contribution in [2.24, 2.45) is 0 Å². The lowest BCUT2D eigenvalue weighted by atomic mass is 10.1. The highest BCUT2D eigenvalue weighted by Gasteiger charge is 2.29. The average Bonchev–Trinajstić information content (AvgIpc) is 3.36. The van der Waals surface area contributed by atoms with Gasteiger partial charge < -0.3 is 19.3 Å². The lowest BCUT2D eigenvalue weighted by molar-refractivity contribution is 0.0961. The highest BCUT2D eigenvalue weighted by molar-refractivity contribution is 7.22. The van der Waals surface area contributed by atoms with Gasteiger partial charge in [-0.3, -0.25) is 9.88 Å². The number of ether oxygens (including phenoxy) is 3. The fourth-order valence-electron chi connectivity index (χ4n) is 4.26. The number of fused-ring (bicyclic) bond motifs is 4. The summed E-state index contributed by atoms with van der Waals surface area (Å²) in [5.41, 5.74) is 2.17. The molecule has 0 radical (unpaired) electrons. The Labute approximate surface area is 219 Å². The summed E-state index contributed by atoms with van der Waals surface area (Å²) in [6, 6.07) is 8.07. The second-order valence-electron chi connectivity index (χ2n) is 8.59. The zero-order chi connectivity index (χ0) is 26.4. The van der Waals surface area contributed by atoms with E-state index in [-0.39, 0.29) is 13.2 Å². The van der Waals surface area contributed by atoms with Crippen LogP contribution in [-0.4, -0.2) is 57.5 Å². The number of rotatable bonds is 5. The van der Waals surface area contributed by atoms with Crippen molar-refractivity contribution in [1.29, 1.82) is 0 Å². The number of nitrogens with zero attached hydrogens (tertiary/aromatic N) is 5. The summed E-state index contributed by atoms with van der Waals surface area (Å²) in [5.74, 6) is 1.65. The molecule has 192 valence electrons. The standard InChI is InChI=1S/C26H20FN5O5S/c1-13-28-8-16(9-29-13)32(26(33)34)11-18-12-36-23-21(37-18)4-3-20-24(23)38-25(31-20)19-7-15(27)5-14-6-17(35-2)10-30-22(14)19/h3-10,18H,11-12H2,1-2H3,(H,33,34)/t18-/m1/s1. The molecular weight excluding hydrogens is 513 g/mol. The van der Waals surface area contributed by atoms with Gasteiger partial charge in [0, 0.05) is 10.9 Å². The van der Waals surface area contributed by atoms with Gasteiger partial charge in [0.1, 0.15) is 33.7 Å². The largest absolute Gasteiger partial charge is 0.495 e. The number of thiazole rings is 1. The molecule has 0 bridgehead atoms. The van der Waals surface area contributed by atoms with Crippen LogP contribution in [0.3, 0.4) is 0 Å². The van der Waals surface area contributed by atoms with Gasteiger partial charge in [0.25, 0.3) is 0 Å². The van der Waals surface area contributed by atoms with Crippen molar-refractivity contribution in [3.63, 3.8) is 0 Å². The fraction of sp³-hybridized carbons (Fsp3) is 0.192. The monoisotopic (exact) mass is 533 g/mol. The molecule has 12 heteroatoms. The maximum absolute atomic E-state index is 14.5. The van der Waals surface area contributed by atoms with Crippen LogP contribution >= 0.6 is 11.3 Å². The van der Waals surface area contributed by atoms with Gasteiger partial charge in [0.15, 0.2) is 17.6 Å². The molecule has 0 saturated carbocycles. The third-order valence-electron chi connectivity index (χ3n) is 6.07. The third kappa shape index (κ3) is 4.28. The Balaban J connectivity index is 1.31. The smallest absolute Gasteiger partial charge is 0.412 e. The normalized spacial score (nSPS) is 14.6. The quantitative estimate of drug-likeness (QED) is 0.330. The maximum atomic E-state index is 14.5. The lowest BCUT2D eigenvalue weighted by Crippen LogP contribution is -2.43. The van der Waals surface area contributed by atoms with Crippen molar-refractivity contribution in [2.45, 2.75) is 13.0 Å². The number of carbonyl (C=O) groups is 1. The first-order valence-corrected chi connectivity index (χ1v) is 12.4. The summed E-state index contributed by atoms with van der Waals surface area (Å²) >= 11 is 1.34. The molecule has 0 saturated heterocycles. The van der Waals surface area contributed by atoms with Crippen molar-refractivity contribution < 1.29 is 28.5 Å². The van der Waals surface area contributed by atoms with Gasteiger partial charge in [-0.2, -0.15) is 0 Å². The molecule has 6 rings (SSSR count). The van der Waals surface area contributed by atoms with E-state index in [2.05, 4.69) is 15.0 Å². The highest BCUT2D eigenvalue weighted by atomic mass is 32.1. The number of pyridine rings is 1. The Kier molecular flexibility index (Phi) is 5.87. The molecule has 0 spiro atoms. The van der Waals surface area contributed by atoms with E-state index in [4.69, 9.17) is 19.2 Å². The van der Waals surface area contributed by atoms with Gasteiger partial charge in [-0.05, 0) is 37.3 Å². The maximum Gasteiger partial charge on any atom is 0.412 e. The molecule has 10 nitrogen and oxygen atoms in total. The van der Waals surface area contributed by atoms with Crippen molar-refractivity contribution in [2.75, 3.05) is 25.2 Å². The van der Waals surface area contributed by atoms with Crippen LogP contribution in [0.4, 0.5) is 14.9 Å². The molecule has 0 aliphatic carbocycles. The molecule has 1 amide bonds. The van der Waals surface area contributed by atoms with Crippen LogP contribution in [-0.2, 0) is 0 Å². The Morgan fingerprint density at radius 2 is 2.03 bits per heavy atom. The van der Waals surface area contributed by atoms with Gasteiger partial charge >= 0.3 is 6.09 Å². The summed E-state index contributed by atoms with van der Waals surface area (Å²) < 4.78 is 32.6. The third-order valence-corrected chi connectivity index (χ3v) is 7.17. The van der Waals surface area contributed by atoms with Gasteiger partial charge in [0.2, 0.25) is 0 Å². The van der Waals surface area contributed by atoms with E-state index >= 15 is 0 Å². The number of hydrogen-bond acceptors (Lipinski definition) is 9. The zero-order valence-electron chi connectivity index (χ0n) is 20.2. The van der Waals surface area contributed by atoms with E-state index in [9.17, 15) is 14.3 Å². The van der Waals surface area contributed by atoms with Crippen molar-refractivity contribution in [3.8, 4) is 27.8 Å². The summed E-state index contributed by atoms with van der Waals surface area (Å²) in [4.78, 5) is 30.4. The summed E-state index contributed by atoms with van der Waals surface area (Å²) in [6.45, 7) is 1.87. The first-order valence-electron chi connectivity index (χ1n) is 11.6. The SMILES string of the molecule is COc1cnc2c(-c3nc4ccc5c(c4s3)OC[C@@H](CN(C(=O)O)c3cnc(C)nc3)O5)cc(F)cc2c1. The van der Waals surface area contributed by atoms with Crippen molar-refractivity contribution >= 4 is 44.2 Å². The van der Waals surface area contributed by atoms with E-state index < -0.39 is 18.0 Å². The average molecular weight is 534 g/mol. The fourth-order valence-corrected chi connectivity index (χ4v) is 5.34. The summed E-state index contributed by atoms with van der Waals surface area (Å²) in [7, 11) is 1.53. The van der Waals surface area contributed by atoms with E-state index in [1.165, 1.54) is 43.0 Å². The Morgan fingerprint density at radius 3 is 2.79 bits per heavy atom. The van der Waals surface area contributed by atoms with E-state index in [1.807, 2.05) is 0 Å². The van der Waals surface area contributed by atoms with Gasteiger partial charge in [0.05, 0.1) is 49.0 Å².